The fraction of sp³-hybridized carbons (Fsp3) is 0.783. The Kier molecular flexibility index (Phi) is 7.95. The number of aromatic nitrogens is 2. The van der Waals surface area contributed by atoms with Gasteiger partial charge < -0.3 is 24.6 Å². The standard InChI is InChI=1S/C23H34N4O6/c24-23(30)32-11-8-17(19(28)21-25-20(26-33-21)16-6-7-16)14-18(15-4-2-1-3-5-15)22(29)27-9-12-31-13-10-27/h15-18H,1-14H2,(H2,24,30). The van der Waals surface area contributed by atoms with Gasteiger partial charge in [0.1, 0.15) is 0 Å². The van der Waals surface area contributed by atoms with Crippen molar-refractivity contribution in [2.75, 3.05) is 32.9 Å². The number of nitrogens with two attached hydrogens (primary N) is 1. The van der Waals surface area contributed by atoms with Gasteiger partial charge in [0.05, 0.1) is 19.8 Å². The molecule has 2 amide bonds. The molecule has 2 saturated carbocycles. The van der Waals surface area contributed by atoms with Crippen LogP contribution in [-0.2, 0) is 14.3 Å². The van der Waals surface area contributed by atoms with Crippen LogP contribution >= 0.6 is 0 Å². The molecule has 0 spiro atoms. The molecule has 0 radical (unpaired) electrons. The highest BCUT2D eigenvalue weighted by Crippen LogP contribution is 2.39. The summed E-state index contributed by atoms with van der Waals surface area (Å²) in [6, 6.07) is 0. The number of rotatable bonds is 10. The first-order valence-electron chi connectivity index (χ1n) is 12.2. The second-order valence-corrected chi connectivity index (χ2v) is 9.43. The molecule has 2 atom stereocenters. The van der Waals surface area contributed by atoms with Crippen LogP contribution in [0.5, 0.6) is 0 Å². The maximum Gasteiger partial charge on any atom is 0.404 e. The molecule has 3 aliphatic rings. The van der Waals surface area contributed by atoms with Crippen LogP contribution in [0, 0.1) is 17.8 Å². The number of Topliss-reactive ketones (excluding diaryl/α,β-unsaturated/α-hetero) is 1. The first-order valence-corrected chi connectivity index (χ1v) is 12.2. The van der Waals surface area contributed by atoms with E-state index < -0.39 is 12.0 Å². The van der Waals surface area contributed by atoms with Gasteiger partial charge in [-0.1, -0.05) is 24.4 Å². The van der Waals surface area contributed by atoms with Gasteiger partial charge in [-0.15, -0.1) is 0 Å². The van der Waals surface area contributed by atoms with E-state index in [1.807, 2.05) is 4.90 Å². The Morgan fingerprint density at radius 3 is 2.48 bits per heavy atom. The SMILES string of the molecule is NC(=O)OCCC(CC(C(=O)N1CCOCC1)C1CCCCC1)C(=O)c1nc(C2CC2)no1. The van der Waals surface area contributed by atoms with E-state index in [1.54, 1.807) is 0 Å². The second-order valence-electron chi connectivity index (χ2n) is 9.43. The topological polar surface area (TPSA) is 138 Å². The summed E-state index contributed by atoms with van der Waals surface area (Å²) in [5.41, 5.74) is 5.11. The van der Waals surface area contributed by atoms with Crippen molar-refractivity contribution in [3.05, 3.63) is 11.7 Å². The van der Waals surface area contributed by atoms with E-state index in [1.165, 1.54) is 6.42 Å². The zero-order valence-corrected chi connectivity index (χ0v) is 19.1. The summed E-state index contributed by atoms with van der Waals surface area (Å²) in [5.74, 6) is -0.0245. The Labute approximate surface area is 193 Å². The molecule has 2 unspecified atom stereocenters. The highest BCUT2D eigenvalue weighted by atomic mass is 16.5. The number of amides is 2. The quantitative estimate of drug-likeness (QED) is 0.524. The summed E-state index contributed by atoms with van der Waals surface area (Å²) >= 11 is 0. The van der Waals surface area contributed by atoms with E-state index in [9.17, 15) is 14.4 Å². The van der Waals surface area contributed by atoms with Gasteiger partial charge in [0.2, 0.25) is 11.7 Å². The molecule has 0 aromatic carbocycles. The van der Waals surface area contributed by atoms with Gasteiger partial charge in [-0.2, -0.15) is 4.98 Å². The molecule has 10 heteroatoms. The van der Waals surface area contributed by atoms with Crippen LogP contribution < -0.4 is 5.73 Å². The first-order chi connectivity index (χ1) is 16.0. The minimum Gasteiger partial charge on any atom is -0.450 e. The maximum atomic E-state index is 13.6. The Hall–Kier alpha value is -2.49. The number of nitrogens with zero attached hydrogens (tertiary/aromatic N) is 3. The van der Waals surface area contributed by atoms with E-state index in [0.29, 0.717) is 38.5 Å². The smallest absolute Gasteiger partial charge is 0.404 e. The second kappa shape index (κ2) is 11.1. The molecule has 1 aromatic rings. The third kappa shape index (κ3) is 6.31. The largest absolute Gasteiger partial charge is 0.450 e. The lowest BCUT2D eigenvalue weighted by Gasteiger charge is -2.36. The van der Waals surface area contributed by atoms with Gasteiger partial charge in [0.25, 0.3) is 5.89 Å². The highest BCUT2D eigenvalue weighted by Gasteiger charge is 2.38. The summed E-state index contributed by atoms with van der Waals surface area (Å²) in [7, 11) is 0. The molecule has 1 aliphatic heterocycles. The molecule has 3 fully saturated rings. The molecule has 33 heavy (non-hydrogen) atoms. The van der Waals surface area contributed by atoms with Gasteiger partial charge in [0.15, 0.2) is 5.82 Å². The van der Waals surface area contributed by atoms with Crippen LogP contribution in [0.3, 0.4) is 0 Å². The Balaban J connectivity index is 1.52. The van der Waals surface area contributed by atoms with E-state index in [4.69, 9.17) is 19.7 Å². The maximum absolute atomic E-state index is 13.6. The molecular weight excluding hydrogens is 428 g/mol. The fourth-order valence-electron chi connectivity index (χ4n) is 5.03. The molecule has 0 bridgehead atoms. The minimum atomic E-state index is -0.886. The minimum absolute atomic E-state index is 0.00150. The van der Waals surface area contributed by atoms with Crippen molar-refractivity contribution in [3.63, 3.8) is 0 Å². The third-order valence-electron chi connectivity index (χ3n) is 7.07. The average molecular weight is 463 g/mol. The van der Waals surface area contributed by atoms with Crippen molar-refractivity contribution >= 4 is 17.8 Å². The molecular formula is C23H34N4O6. The third-order valence-corrected chi connectivity index (χ3v) is 7.07. The number of hydrogen-bond donors (Lipinski definition) is 1. The predicted octanol–water partition coefficient (Wildman–Crippen LogP) is 2.68. The summed E-state index contributed by atoms with van der Waals surface area (Å²) in [6.45, 7) is 2.20. The monoisotopic (exact) mass is 462 g/mol. The number of hydrogen-bond acceptors (Lipinski definition) is 8. The van der Waals surface area contributed by atoms with Crippen LogP contribution in [0.4, 0.5) is 4.79 Å². The average Bonchev–Trinajstić information content (AvgIpc) is 3.57. The number of morpholine rings is 1. The summed E-state index contributed by atoms with van der Waals surface area (Å²) in [5, 5.41) is 3.97. The number of primary amides is 1. The van der Waals surface area contributed by atoms with E-state index in [2.05, 4.69) is 10.1 Å². The highest BCUT2D eigenvalue weighted by molar-refractivity contribution is 5.94. The Morgan fingerprint density at radius 2 is 1.82 bits per heavy atom. The molecule has 2 heterocycles. The van der Waals surface area contributed by atoms with Crippen LogP contribution in [0.2, 0.25) is 0 Å². The zero-order chi connectivity index (χ0) is 23.2. The van der Waals surface area contributed by atoms with E-state index in [-0.39, 0.29) is 48.4 Å². The zero-order valence-electron chi connectivity index (χ0n) is 19.1. The van der Waals surface area contributed by atoms with Crippen molar-refractivity contribution < 1.29 is 28.4 Å². The van der Waals surface area contributed by atoms with Crippen molar-refractivity contribution in [1.82, 2.24) is 15.0 Å². The van der Waals surface area contributed by atoms with Crippen LogP contribution in [0.15, 0.2) is 4.52 Å². The molecule has 10 nitrogen and oxygen atoms in total. The molecule has 182 valence electrons. The number of ketones is 1. The molecule has 1 aromatic heterocycles. The lowest BCUT2D eigenvalue weighted by Crippen LogP contribution is -2.46. The van der Waals surface area contributed by atoms with Crippen molar-refractivity contribution in [2.24, 2.45) is 23.5 Å². The predicted molar refractivity (Wildman–Crippen MR) is 116 cm³/mol. The van der Waals surface area contributed by atoms with Crippen LogP contribution in [0.25, 0.3) is 0 Å². The van der Waals surface area contributed by atoms with Gasteiger partial charge in [-0.25, -0.2) is 4.79 Å². The summed E-state index contributed by atoms with van der Waals surface area (Å²) in [4.78, 5) is 44.2. The fourth-order valence-corrected chi connectivity index (χ4v) is 5.03. The van der Waals surface area contributed by atoms with Gasteiger partial charge in [-0.05, 0) is 44.4 Å². The summed E-state index contributed by atoms with van der Waals surface area (Å²) in [6.07, 6.45) is 7.05. The first kappa shape index (κ1) is 23.7. The van der Waals surface area contributed by atoms with Gasteiger partial charge >= 0.3 is 6.09 Å². The molecule has 4 rings (SSSR count). The van der Waals surface area contributed by atoms with Gasteiger partial charge in [-0.3, -0.25) is 9.59 Å². The summed E-state index contributed by atoms with van der Waals surface area (Å²) < 4.78 is 15.6. The van der Waals surface area contributed by atoms with Crippen molar-refractivity contribution in [3.8, 4) is 0 Å². The van der Waals surface area contributed by atoms with Gasteiger partial charge in [0, 0.05) is 30.8 Å². The van der Waals surface area contributed by atoms with Crippen molar-refractivity contribution in [1.29, 1.82) is 0 Å². The number of carbonyl (C=O) groups excluding carboxylic acids is 3. The van der Waals surface area contributed by atoms with Crippen molar-refractivity contribution in [2.45, 2.75) is 63.7 Å². The normalized spacial score (nSPS) is 21.4. The van der Waals surface area contributed by atoms with Crippen LogP contribution in [0.1, 0.15) is 80.2 Å². The Morgan fingerprint density at radius 1 is 1.09 bits per heavy atom. The molecule has 2 N–H and O–H groups in total. The molecule has 2 aliphatic carbocycles. The lowest BCUT2D eigenvalue weighted by atomic mass is 9.74. The lowest BCUT2D eigenvalue weighted by molar-refractivity contribution is -0.142. The van der Waals surface area contributed by atoms with E-state index >= 15 is 0 Å². The van der Waals surface area contributed by atoms with E-state index in [0.717, 1.165) is 38.5 Å². The number of ether oxygens (including phenoxy) is 2. The Bertz CT molecular complexity index is 827. The van der Waals surface area contributed by atoms with Crippen LogP contribution in [-0.4, -0.2) is 65.7 Å². The number of carbonyl (C=O) groups is 3. The molecule has 1 saturated heterocycles.